The summed E-state index contributed by atoms with van der Waals surface area (Å²) in [6, 6.07) is 13.0. The number of hydrogen-bond donors (Lipinski definition) is 1. The molecule has 0 aliphatic carbocycles. The molecule has 0 fully saturated rings. The lowest BCUT2D eigenvalue weighted by Gasteiger charge is -2.14. The number of unbranched alkanes of at least 4 members (excludes halogenated alkanes) is 1. The van der Waals surface area contributed by atoms with E-state index in [-0.39, 0.29) is 0 Å². The zero-order valence-electron chi connectivity index (χ0n) is 15.0. The number of benzene rings is 2. The molecule has 4 heteroatoms. The van der Waals surface area contributed by atoms with Crippen molar-refractivity contribution in [2.45, 2.75) is 45.2 Å². The molecule has 2 nitrogen and oxygen atoms in total. The standard InChI is InChI=1S/C22H24F2N2/c1-16(4-2-3-5-17-7-9-21(23)22(24)13-17)26-14-18-6-8-20-15-25-11-10-19(20)12-18/h6-13,15-16,26H,2-5,14H2,1H3/t16-/m1/s1. The topological polar surface area (TPSA) is 24.9 Å². The normalized spacial score (nSPS) is 12.4. The fourth-order valence-electron chi connectivity index (χ4n) is 3.11. The number of nitrogens with one attached hydrogen (secondary N) is 1. The summed E-state index contributed by atoms with van der Waals surface area (Å²) in [5.41, 5.74) is 2.12. The number of aromatic nitrogens is 1. The quantitative estimate of drug-likeness (QED) is 0.548. The van der Waals surface area contributed by atoms with E-state index in [9.17, 15) is 8.78 Å². The van der Waals surface area contributed by atoms with Crippen molar-refractivity contribution in [3.63, 3.8) is 0 Å². The van der Waals surface area contributed by atoms with Gasteiger partial charge in [0.05, 0.1) is 0 Å². The molecule has 2 aromatic carbocycles. The number of nitrogens with zero attached hydrogens (tertiary/aromatic N) is 1. The molecule has 0 amide bonds. The second-order valence-electron chi connectivity index (χ2n) is 6.83. The van der Waals surface area contributed by atoms with Crippen LogP contribution in [0.5, 0.6) is 0 Å². The summed E-state index contributed by atoms with van der Waals surface area (Å²) in [7, 11) is 0. The lowest BCUT2D eigenvalue weighted by atomic mass is 10.0. The van der Waals surface area contributed by atoms with Crippen LogP contribution in [0.1, 0.15) is 37.3 Å². The molecule has 3 rings (SSSR count). The SMILES string of the molecule is C[C@H](CCCCc1ccc(F)c(F)c1)NCc1ccc2cnccc2c1. The minimum atomic E-state index is -0.781. The maximum atomic E-state index is 13.2. The third kappa shape index (κ3) is 5.09. The Hall–Kier alpha value is -2.33. The lowest BCUT2D eigenvalue weighted by Crippen LogP contribution is -2.25. The van der Waals surface area contributed by atoms with Gasteiger partial charge in [0.15, 0.2) is 11.6 Å². The van der Waals surface area contributed by atoms with E-state index in [1.807, 2.05) is 18.5 Å². The Balaban J connectivity index is 1.39. The van der Waals surface area contributed by atoms with Crippen molar-refractivity contribution in [3.8, 4) is 0 Å². The van der Waals surface area contributed by atoms with E-state index >= 15 is 0 Å². The summed E-state index contributed by atoms with van der Waals surface area (Å²) >= 11 is 0. The summed E-state index contributed by atoms with van der Waals surface area (Å²) in [6.07, 6.45) is 7.55. The van der Waals surface area contributed by atoms with Gasteiger partial charge in [0.25, 0.3) is 0 Å². The molecule has 136 valence electrons. The molecule has 0 saturated heterocycles. The van der Waals surface area contributed by atoms with E-state index in [0.717, 1.165) is 43.2 Å². The number of hydrogen-bond acceptors (Lipinski definition) is 2. The van der Waals surface area contributed by atoms with Gasteiger partial charge >= 0.3 is 0 Å². The Morgan fingerprint density at radius 1 is 0.923 bits per heavy atom. The van der Waals surface area contributed by atoms with Crippen molar-refractivity contribution in [1.29, 1.82) is 0 Å². The van der Waals surface area contributed by atoms with Crippen LogP contribution in [-0.4, -0.2) is 11.0 Å². The van der Waals surface area contributed by atoms with Crippen molar-refractivity contribution in [2.24, 2.45) is 0 Å². The molecule has 26 heavy (non-hydrogen) atoms. The molecule has 3 aromatic rings. The van der Waals surface area contributed by atoms with Crippen molar-refractivity contribution < 1.29 is 8.78 Å². The minimum absolute atomic E-state index is 0.410. The average Bonchev–Trinajstić information content (AvgIpc) is 2.66. The molecular weight excluding hydrogens is 330 g/mol. The molecule has 0 spiro atoms. The molecule has 1 atom stereocenters. The van der Waals surface area contributed by atoms with Crippen LogP contribution in [0, 0.1) is 11.6 Å². The van der Waals surface area contributed by atoms with Gasteiger partial charge in [-0.15, -0.1) is 0 Å². The Morgan fingerprint density at radius 3 is 2.62 bits per heavy atom. The Bertz CT molecular complexity index is 864. The first-order chi connectivity index (χ1) is 12.6. The predicted molar refractivity (Wildman–Crippen MR) is 102 cm³/mol. The van der Waals surface area contributed by atoms with E-state index < -0.39 is 11.6 Å². The Labute approximate surface area is 153 Å². The largest absolute Gasteiger partial charge is 0.310 e. The fourth-order valence-corrected chi connectivity index (χ4v) is 3.11. The molecule has 1 N–H and O–H groups in total. The van der Waals surface area contributed by atoms with Crippen LogP contribution in [0.25, 0.3) is 10.8 Å². The van der Waals surface area contributed by atoms with Crippen LogP contribution in [-0.2, 0) is 13.0 Å². The number of aryl methyl sites for hydroxylation is 1. The number of fused-ring (bicyclic) bond motifs is 1. The molecular formula is C22H24F2N2. The third-order valence-electron chi connectivity index (χ3n) is 4.70. The smallest absolute Gasteiger partial charge is 0.159 e. The van der Waals surface area contributed by atoms with Crippen LogP contribution in [0.3, 0.4) is 0 Å². The van der Waals surface area contributed by atoms with Crippen LogP contribution in [0.2, 0.25) is 0 Å². The van der Waals surface area contributed by atoms with Gasteiger partial charge in [-0.2, -0.15) is 0 Å². The van der Waals surface area contributed by atoms with Crippen LogP contribution < -0.4 is 5.32 Å². The first-order valence-electron chi connectivity index (χ1n) is 9.12. The van der Waals surface area contributed by atoms with Gasteiger partial charge < -0.3 is 5.32 Å². The Kier molecular flexibility index (Phi) is 6.29. The van der Waals surface area contributed by atoms with Crippen molar-refractivity contribution in [1.82, 2.24) is 10.3 Å². The number of halogens is 2. The highest BCUT2D eigenvalue weighted by atomic mass is 19.2. The molecule has 0 saturated carbocycles. The zero-order valence-corrected chi connectivity index (χ0v) is 15.0. The first-order valence-corrected chi connectivity index (χ1v) is 9.12. The van der Waals surface area contributed by atoms with Crippen molar-refractivity contribution >= 4 is 10.8 Å². The highest BCUT2D eigenvalue weighted by molar-refractivity contribution is 5.81. The van der Waals surface area contributed by atoms with Gasteiger partial charge in [-0.05, 0) is 67.0 Å². The van der Waals surface area contributed by atoms with Gasteiger partial charge in [-0.25, -0.2) is 8.78 Å². The van der Waals surface area contributed by atoms with E-state index in [1.165, 1.54) is 23.1 Å². The summed E-state index contributed by atoms with van der Waals surface area (Å²) in [5.74, 6) is -1.54. The van der Waals surface area contributed by atoms with E-state index in [0.29, 0.717) is 6.04 Å². The van der Waals surface area contributed by atoms with Crippen molar-refractivity contribution in [3.05, 3.63) is 77.6 Å². The summed E-state index contributed by atoms with van der Waals surface area (Å²) in [5, 5.41) is 5.91. The van der Waals surface area contributed by atoms with Gasteiger partial charge in [-0.1, -0.05) is 24.6 Å². The molecule has 0 aliphatic heterocycles. The second kappa shape index (κ2) is 8.86. The van der Waals surface area contributed by atoms with E-state index in [4.69, 9.17) is 0 Å². The highest BCUT2D eigenvalue weighted by Crippen LogP contribution is 2.15. The maximum absolute atomic E-state index is 13.2. The van der Waals surface area contributed by atoms with Crippen molar-refractivity contribution in [2.75, 3.05) is 0 Å². The molecule has 1 heterocycles. The van der Waals surface area contributed by atoms with Gasteiger partial charge in [0, 0.05) is 30.4 Å². The monoisotopic (exact) mass is 354 g/mol. The molecule has 1 aromatic heterocycles. The van der Waals surface area contributed by atoms with E-state index in [2.05, 4.69) is 35.4 Å². The minimum Gasteiger partial charge on any atom is -0.310 e. The summed E-state index contributed by atoms with van der Waals surface area (Å²) < 4.78 is 26.1. The van der Waals surface area contributed by atoms with Crippen LogP contribution >= 0.6 is 0 Å². The van der Waals surface area contributed by atoms with Gasteiger partial charge in [0.2, 0.25) is 0 Å². The maximum Gasteiger partial charge on any atom is 0.159 e. The average molecular weight is 354 g/mol. The third-order valence-corrected chi connectivity index (χ3v) is 4.70. The van der Waals surface area contributed by atoms with Crippen LogP contribution in [0.4, 0.5) is 8.78 Å². The zero-order chi connectivity index (χ0) is 18.4. The van der Waals surface area contributed by atoms with Gasteiger partial charge in [-0.3, -0.25) is 4.98 Å². The highest BCUT2D eigenvalue weighted by Gasteiger charge is 2.05. The molecule has 0 bridgehead atoms. The second-order valence-corrected chi connectivity index (χ2v) is 6.83. The summed E-state index contributed by atoms with van der Waals surface area (Å²) in [6.45, 7) is 3.02. The predicted octanol–water partition coefficient (Wildman–Crippen LogP) is 5.40. The number of pyridine rings is 1. The van der Waals surface area contributed by atoms with E-state index in [1.54, 1.807) is 6.07 Å². The number of rotatable bonds is 8. The molecule has 0 aliphatic rings. The fraction of sp³-hybridized carbons (Fsp3) is 0.318. The van der Waals surface area contributed by atoms with Gasteiger partial charge in [0.1, 0.15) is 0 Å². The molecule has 0 unspecified atom stereocenters. The van der Waals surface area contributed by atoms with Crippen LogP contribution in [0.15, 0.2) is 54.9 Å². The molecule has 0 radical (unpaired) electrons. The summed E-state index contributed by atoms with van der Waals surface area (Å²) in [4.78, 5) is 4.13. The first kappa shape index (κ1) is 18.5. The Morgan fingerprint density at radius 2 is 1.77 bits per heavy atom. The lowest BCUT2D eigenvalue weighted by molar-refractivity contribution is 0.487.